The number of aliphatic hydroxyl groups is 1. The zero-order chi connectivity index (χ0) is 13.9. The molecule has 0 aliphatic rings. The van der Waals surface area contributed by atoms with Gasteiger partial charge in [0.25, 0.3) is 0 Å². The van der Waals surface area contributed by atoms with E-state index in [0.717, 1.165) is 17.0 Å². The molecule has 1 nitrogen and oxygen atoms in total. The first-order chi connectivity index (χ1) is 9.07. The van der Waals surface area contributed by atoms with Crippen LogP contribution in [-0.4, -0.2) is 11.7 Å². The molecule has 0 radical (unpaired) electrons. The number of aryl methyl sites for hydroxylation is 1. The lowest BCUT2D eigenvalue weighted by Gasteiger charge is -2.30. The Bertz CT molecular complexity index is 565. The molecule has 1 atom stereocenters. The van der Waals surface area contributed by atoms with Gasteiger partial charge in [0.2, 0.25) is 0 Å². The van der Waals surface area contributed by atoms with Crippen molar-refractivity contribution in [1.29, 1.82) is 0 Å². The van der Waals surface area contributed by atoms with Gasteiger partial charge in [-0.1, -0.05) is 61.0 Å². The number of halogens is 1. The highest BCUT2D eigenvalue weighted by Crippen LogP contribution is 2.32. The molecule has 0 heterocycles. The van der Waals surface area contributed by atoms with Crippen molar-refractivity contribution in [3.63, 3.8) is 0 Å². The van der Waals surface area contributed by atoms with Gasteiger partial charge in [0.1, 0.15) is 0 Å². The van der Waals surface area contributed by atoms with Crippen LogP contribution in [0.4, 0.5) is 0 Å². The van der Waals surface area contributed by atoms with E-state index >= 15 is 0 Å². The van der Waals surface area contributed by atoms with Gasteiger partial charge in [-0.15, -0.1) is 0 Å². The third kappa shape index (κ3) is 2.99. The third-order valence-corrected chi connectivity index (χ3v) is 4.05. The van der Waals surface area contributed by atoms with Gasteiger partial charge in [-0.2, -0.15) is 0 Å². The van der Waals surface area contributed by atoms with Crippen LogP contribution in [0, 0.1) is 6.92 Å². The Balaban J connectivity index is 2.39. The van der Waals surface area contributed by atoms with Crippen molar-refractivity contribution < 1.29 is 5.11 Å². The summed E-state index contributed by atoms with van der Waals surface area (Å²) in [7, 11) is 0. The van der Waals surface area contributed by atoms with E-state index in [1.807, 2.05) is 36.4 Å². The van der Waals surface area contributed by atoms with E-state index in [2.05, 4.69) is 26.0 Å². The maximum Gasteiger partial charge on any atom is 0.0528 e. The Kier molecular flexibility index (Phi) is 4.28. The predicted octanol–water partition coefficient (Wildman–Crippen LogP) is 4.14. The monoisotopic (exact) mass is 274 g/mol. The summed E-state index contributed by atoms with van der Waals surface area (Å²) in [6.07, 6.45) is 0.730. The first kappa shape index (κ1) is 14.1. The Labute approximate surface area is 119 Å². The lowest BCUT2D eigenvalue weighted by molar-refractivity contribution is 0.204. The fourth-order valence-corrected chi connectivity index (χ4v) is 2.75. The summed E-state index contributed by atoms with van der Waals surface area (Å²) in [4.78, 5) is 0. The molecule has 0 fully saturated rings. The lowest BCUT2D eigenvalue weighted by Crippen LogP contribution is -2.30. The summed E-state index contributed by atoms with van der Waals surface area (Å²) in [5.74, 6) is 0. The lowest BCUT2D eigenvalue weighted by atomic mass is 9.76. The van der Waals surface area contributed by atoms with Gasteiger partial charge >= 0.3 is 0 Å². The average Bonchev–Trinajstić information content (AvgIpc) is 2.42. The largest absolute Gasteiger partial charge is 0.395 e. The molecule has 1 N–H and O–H groups in total. The molecule has 19 heavy (non-hydrogen) atoms. The SMILES string of the molecule is Cc1ccccc1C(C)(CO)Cc1ccccc1Cl. The molecule has 2 aromatic rings. The second-order valence-corrected chi connectivity index (χ2v) is 5.71. The molecule has 0 bridgehead atoms. The van der Waals surface area contributed by atoms with Crippen molar-refractivity contribution >= 4 is 11.6 Å². The van der Waals surface area contributed by atoms with Crippen LogP contribution in [0.5, 0.6) is 0 Å². The average molecular weight is 275 g/mol. The Hall–Kier alpha value is -1.31. The van der Waals surface area contributed by atoms with Crippen LogP contribution in [0.15, 0.2) is 48.5 Å². The summed E-state index contributed by atoms with van der Waals surface area (Å²) in [6.45, 7) is 4.26. The predicted molar refractivity (Wildman–Crippen MR) is 80.8 cm³/mol. The highest BCUT2D eigenvalue weighted by Gasteiger charge is 2.28. The van der Waals surface area contributed by atoms with E-state index in [1.54, 1.807) is 0 Å². The van der Waals surface area contributed by atoms with E-state index in [-0.39, 0.29) is 12.0 Å². The van der Waals surface area contributed by atoms with Crippen LogP contribution in [0.3, 0.4) is 0 Å². The molecule has 0 aromatic heterocycles. The molecular weight excluding hydrogens is 256 g/mol. The molecule has 2 heteroatoms. The van der Waals surface area contributed by atoms with E-state index in [0.29, 0.717) is 0 Å². The van der Waals surface area contributed by atoms with Crippen LogP contribution >= 0.6 is 11.6 Å². The maximum atomic E-state index is 9.87. The molecule has 0 aliphatic heterocycles. The first-order valence-corrected chi connectivity index (χ1v) is 6.85. The van der Waals surface area contributed by atoms with Crippen molar-refractivity contribution in [2.45, 2.75) is 25.7 Å². The van der Waals surface area contributed by atoms with E-state index in [1.165, 1.54) is 11.1 Å². The second kappa shape index (κ2) is 5.77. The second-order valence-electron chi connectivity index (χ2n) is 5.30. The van der Waals surface area contributed by atoms with Crippen molar-refractivity contribution in [3.05, 3.63) is 70.2 Å². The minimum atomic E-state index is -0.309. The van der Waals surface area contributed by atoms with E-state index in [4.69, 9.17) is 11.6 Å². The molecule has 100 valence electrons. The number of benzene rings is 2. The fourth-order valence-electron chi connectivity index (χ4n) is 2.55. The molecule has 0 saturated heterocycles. The summed E-state index contributed by atoms with van der Waals surface area (Å²) in [5.41, 5.74) is 3.14. The normalized spacial score (nSPS) is 14.1. The van der Waals surface area contributed by atoms with Crippen molar-refractivity contribution in [1.82, 2.24) is 0 Å². The molecule has 2 aromatic carbocycles. The smallest absolute Gasteiger partial charge is 0.0528 e. The van der Waals surface area contributed by atoms with Gasteiger partial charge < -0.3 is 5.11 Å². The zero-order valence-electron chi connectivity index (χ0n) is 11.4. The van der Waals surface area contributed by atoms with Crippen LogP contribution in [0.1, 0.15) is 23.6 Å². The minimum absolute atomic E-state index is 0.100. The van der Waals surface area contributed by atoms with Gasteiger partial charge in [-0.05, 0) is 36.1 Å². The van der Waals surface area contributed by atoms with Gasteiger partial charge in [-0.3, -0.25) is 0 Å². The summed E-state index contributed by atoms with van der Waals surface area (Å²) >= 11 is 6.23. The molecule has 0 saturated carbocycles. The maximum absolute atomic E-state index is 9.87. The first-order valence-electron chi connectivity index (χ1n) is 6.47. The number of rotatable bonds is 4. The molecule has 1 unspecified atom stereocenters. The highest BCUT2D eigenvalue weighted by molar-refractivity contribution is 6.31. The number of hydrogen-bond donors (Lipinski definition) is 1. The molecule has 0 spiro atoms. The summed E-state index contributed by atoms with van der Waals surface area (Å²) in [5, 5.41) is 10.6. The standard InChI is InChI=1S/C17H19ClO/c1-13-7-3-5-9-15(13)17(2,12-19)11-14-8-4-6-10-16(14)18/h3-10,19H,11-12H2,1-2H3. The molecule has 0 amide bonds. The van der Waals surface area contributed by atoms with E-state index < -0.39 is 0 Å². The Morgan fingerprint density at radius 1 is 1.05 bits per heavy atom. The van der Waals surface area contributed by atoms with Crippen molar-refractivity contribution in [2.24, 2.45) is 0 Å². The molecular formula is C17H19ClO. The van der Waals surface area contributed by atoms with Gasteiger partial charge in [0, 0.05) is 10.4 Å². The number of hydrogen-bond acceptors (Lipinski definition) is 1. The minimum Gasteiger partial charge on any atom is -0.395 e. The van der Waals surface area contributed by atoms with Gasteiger partial charge in [0.15, 0.2) is 0 Å². The Morgan fingerprint density at radius 3 is 2.32 bits per heavy atom. The quantitative estimate of drug-likeness (QED) is 0.888. The fraction of sp³-hybridized carbons (Fsp3) is 0.294. The van der Waals surface area contributed by atoms with Gasteiger partial charge in [-0.25, -0.2) is 0 Å². The van der Waals surface area contributed by atoms with E-state index in [9.17, 15) is 5.11 Å². The number of aliphatic hydroxyl groups excluding tert-OH is 1. The van der Waals surface area contributed by atoms with Crippen molar-refractivity contribution in [2.75, 3.05) is 6.61 Å². The zero-order valence-corrected chi connectivity index (χ0v) is 12.1. The third-order valence-electron chi connectivity index (χ3n) is 3.68. The highest BCUT2D eigenvalue weighted by atomic mass is 35.5. The van der Waals surface area contributed by atoms with Crippen LogP contribution < -0.4 is 0 Å². The van der Waals surface area contributed by atoms with Crippen molar-refractivity contribution in [3.8, 4) is 0 Å². The molecule has 2 rings (SSSR count). The molecule has 0 aliphatic carbocycles. The van der Waals surface area contributed by atoms with Crippen LogP contribution in [0.25, 0.3) is 0 Å². The van der Waals surface area contributed by atoms with Crippen LogP contribution in [-0.2, 0) is 11.8 Å². The summed E-state index contributed by atoms with van der Waals surface area (Å²) in [6, 6.07) is 16.0. The van der Waals surface area contributed by atoms with Crippen LogP contribution in [0.2, 0.25) is 5.02 Å². The van der Waals surface area contributed by atoms with Gasteiger partial charge in [0.05, 0.1) is 6.61 Å². The summed E-state index contributed by atoms with van der Waals surface area (Å²) < 4.78 is 0. The Morgan fingerprint density at radius 2 is 1.68 bits per heavy atom. The topological polar surface area (TPSA) is 20.2 Å².